The van der Waals surface area contributed by atoms with Crippen LogP contribution in [0, 0.1) is 5.82 Å². The van der Waals surface area contributed by atoms with Gasteiger partial charge in [0.1, 0.15) is 5.82 Å². The first-order valence-electron chi connectivity index (χ1n) is 13.0. The Morgan fingerprint density at radius 3 is 1.71 bits per heavy atom. The molecule has 3 rings (SSSR count). The summed E-state index contributed by atoms with van der Waals surface area (Å²) in [6.45, 7) is 4.40. The van der Waals surface area contributed by atoms with Gasteiger partial charge in [-0.1, -0.05) is 48.5 Å². The minimum Gasteiger partial charge on any atom is -0.380 e. The summed E-state index contributed by atoms with van der Waals surface area (Å²) in [6.07, 6.45) is 0. The summed E-state index contributed by atoms with van der Waals surface area (Å²) in [5.41, 5.74) is 5.83. The predicted molar refractivity (Wildman–Crippen MR) is 155 cm³/mol. The Hall–Kier alpha value is -3.26. The first kappa shape index (κ1) is 29.3. The van der Waals surface area contributed by atoms with Crippen LogP contribution < -0.4 is 5.32 Å². The van der Waals surface area contributed by atoms with Crippen molar-refractivity contribution in [2.75, 3.05) is 60.7 Å². The maximum absolute atomic E-state index is 14.1. The second-order valence-corrected chi connectivity index (χ2v) is 10.6. The number of carbonyl (C=O) groups excluding carboxylic acids is 1. The third-order valence-corrected chi connectivity index (χ3v) is 6.35. The lowest BCUT2D eigenvalue weighted by molar-refractivity contribution is 0.0782. The summed E-state index contributed by atoms with van der Waals surface area (Å²) in [6, 6.07) is 21.4. The highest BCUT2D eigenvalue weighted by Crippen LogP contribution is 2.20. The molecule has 0 bridgehead atoms. The highest BCUT2D eigenvalue weighted by molar-refractivity contribution is 5.99. The zero-order chi connectivity index (χ0) is 27.7. The zero-order valence-corrected chi connectivity index (χ0v) is 23.7. The minimum absolute atomic E-state index is 0.199. The van der Waals surface area contributed by atoms with Gasteiger partial charge in [-0.3, -0.25) is 4.79 Å². The van der Waals surface area contributed by atoms with Crippen molar-refractivity contribution in [2.24, 2.45) is 0 Å². The Balaban J connectivity index is 1.56. The lowest BCUT2D eigenvalue weighted by Crippen LogP contribution is -2.35. The lowest BCUT2D eigenvalue weighted by atomic mass is 10.1. The molecule has 0 atom stereocenters. The van der Waals surface area contributed by atoms with Crippen LogP contribution in [0.15, 0.2) is 66.7 Å². The largest absolute Gasteiger partial charge is 0.380 e. The highest BCUT2D eigenvalue weighted by atomic mass is 19.1. The number of nitrogens with zero attached hydrogens (tertiary/aromatic N) is 4. The number of benzene rings is 3. The van der Waals surface area contributed by atoms with Crippen molar-refractivity contribution in [3.8, 4) is 0 Å². The van der Waals surface area contributed by atoms with Gasteiger partial charge in [0, 0.05) is 52.0 Å². The molecule has 0 saturated carbocycles. The van der Waals surface area contributed by atoms with Crippen LogP contribution in [0.3, 0.4) is 0 Å². The van der Waals surface area contributed by atoms with Crippen molar-refractivity contribution in [1.29, 1.82) is 0 Å². The van der Waals surface area contributed by atoms with Gasteiger partial charge < -0.3 is 24.9 Å². The molecule has 0 heterocycles. The van der Waals surface area contributed by atoms with E-state index < -0.39 is 5.82 Å². The number of likely N-dealkylation sites (N-methyl/N-ethyl adjacent to an activating group) is 2. The molecule has 6 nitrogen and oxygen atoms in total. The summed E-state index contributed by atoms with van der Waals surface area (Å²) >= 11 is 0. The fraction of sp³-hybridized carbons (Fsp3) is 0.387. The van der Waals surface area contributed by atoms with E-state index in [1.165, 1.54) is 28.8 Å². The Bertz CT molecular complexity index is 1160. The van der Waals surface area contributed by atoms with Crippen molar-refractivity contribution >= 4 is 11.6 Å². The molecular weight excluding hydrogens is 477 g/mol. The Morgan fingerprint density at radius 1 is 0.684 bits per heavy atom. The molecule has 0 aliphatic heterocycles. The summed E-state index contributed by atoms with van der Waals surface area (Å²) in [5, 5.41) is 3.33. The van der Waals surface area contributed by atoms with E-state index in [2.05, 4.69) is 82.6 Å². The van der Waals surface area contributed by atoms with E-state index in [4.69, 9.17) is 0 Å². The number of carbonyl (C=O) groups is 1. The molecule has 0 aliphatic carbocycles. The monoisotopic (exact) mass is 519 g/mol. The number of rotatable bonds is 13. The van der Waals surface area contributed by atoms with Crippen LogP contribution in [0.5, 0.6) is 0 Å². The Kier molecular flexibility index (Phi) is 10.8. The van der Waals surface area contributed by atoms with Crippen molar-refractivity contribution < 1.29 is 9.18 Å². The average molecular weight is 520 g/mol. The van der Waals surface area contributed by atoms with Crippen molar-refractivity contribution in [2.45, 2.75) is 26.2 Å². The first-order chi connectivity index (χ1) is 18.1. The number of amides is 1. The van der Waals surface area contributed by atoms with E-state index in [0.717, 1.165) is 25.2 Å². The smallest absolute Gasteiger partial charge is 0.255 e. The quantitative estimate of drug-likeness (QED) is 0.353. The van der Waals surface area contributed by atoms with Gasteiger partial charge in [-0.2, -0.15) is 0 Å². The summed E-state index contributed by atoms with van der Waals surface area (Å²) in [7, 11) is 12.0. The van der Waals surface area contributed by atoms with Gasteiger partial charge in [0.15, 0.2) is 0 Å². The third-order valence-electron chi connectivity index (χ3n) is 6.35. The molecule has 0 unspecified atom stereocenters. The van der Waals surface area contributed by atoms with Gasteiger partial charge in [0.05, 0.1) is 5.56 Å². The number of anilines is 1. The van der Waals surface area contributed by atoms with Crippen LogP contribution in [-0.2, 0) is 26.2 Å². The van der Waals surface area contributed by atoms with Crippen LogP contribution in [-0.4, -0.2) is 80.9 Å². The van der Waals surface area contributed by atoms with E-state index in [0.29, 0.717) is 30.9 Å². The molecule has 0 radical (unpaired) electrons. The van der Waals surface area contributed by atoms with E-state index >= 15 is 0 Å². The SMILES string of the molecule is CN(C)Cc1ccc(CNc2ccc(F)cc2C(=O)N(C)CCN(C)Cc2ccc(CN(C)C)cc2)cc1. The van der Waals surface area contributed by atoms with Crippen LogP contribution in [0.2, 0.25) is 0 Å². The molecular formula is C31H42FN5O. The molecule has 0 spiro atoms. The van der Waals surface area contributed by atoms with Gasteiger partial charge in [-0.25, -0.2) is 4.39 Å². The van der Waals surface area contributed by atoms with Gasteiger partial charge in [0.2, 0.25) is 0 Å². The first-order valence-corrected chi connectivity index (χ1v) is 13.0. The second-order valence-electron chi connectivity index (χ2n) is 10.6. The zero-order valence-electron chi connectivity index (χ0n) is 23.7. The van der Waals surface area contributed by atoms with Crippen LogP contribution in [0.25, 0.3) is 0 Å². The molecule has 1 N–H and O–H groups in total. The van der Waals surface area contributed by atoms with Gasteiger partial charge in [-0.15, -0.1) is 0 Å². The molecule has 0 aliphatic rings. The number of hydrogen-bond donors (Lipinski definition) is 1. The lowest BCUT2D eigenvalue weighted by Gasteiger charge is -2.23. The molecule has 1 amide bonds. The predicted octanol–water partition coefficient (Wildman–Crippen LogP) is 4.77. The maximum Gasteiger partial charge on any atom is 0.255 e. The molecule has 38 heavy (non-hydrogen) atoms. The van der Waals surface area contributed by atoms with Crippen molar-refractivity contribution in [3.05, 3.63) is 100 Å². The Labute approximate surface area is 227 Å². The van der Waals surface area contributed by atoms with Crippen molar-refractivity contribution in [3.63, 3.8) is 0 Å². The van der Waals surface area contributed by atoms with Crippen LogP contribution >= 0.6 is 0 Å². The van der Waals surface area contributed by atoms with Crippen molar-refractivity contribution in [1.82, 2.24) is 19.6 Å². The third kappa shape index (κ3) is 9.24. The van der Waals surface area contributed by atoms with Crippen LogP contribution in [0.1, 0.15) is 32.6 Å². The normalized spacial score (nSPS) is 11.4. The summed E-state index contributed by atoms with van der Waals surface area (Å²) in [4.78, 5) is 21.4. The van der Waals surface area contributed by atoms with E-state index in [9.17, 15) is 9.18 Å². The number of nitrogens with one attached hydrogen (secondary N) is 1. The molecule has 0 aromatic heterocycles. The fourth-order valence-corrected chi connectivity index (χ4v) is 4.31. The van der Waals surface area contributed by atoms with Gasteiger partial charge >= 0.3 is 0 Å². The molecule has 7 heteroatoms. The highest BCUT2D eigenvalue weighted by Gasteiger charge is 2.17. The fourth-order valence-electron chi connectivity index (χ4n) is 4.31. The van der Waals surface area contributed by atoms with E-state index in [1.54, 1.807) is 18.0 Å². The Morgan fingerprint density at radius 2 is 1.18 bits per heavy atom. The maximum atomic E-state index is 14.1. The summed E-state index contributed by atoms with van der Waals surface area (Å²) < 4.78 is 14.1. The summed E-state index contributed by atoms with van der Waals surface area (Å²) in [5.74, 6) is -0.620. The second kappa shape index (κ2) is 14.0. The topological polar surface area (TPSA) is 42.1 Å². The minimum atomic E-state index is -0.421. The standard InChI is InChI=1S/C31H42FN5O/c1-34(2)21-25-9-7-24(8-10-25)20-33-30-16-15-28(32)19-29(30)31(38)37(6)18-17-36(5)23-27-13-11-26(12-14-27)22-35(3)4/h7-16,19,33H,17-18,20-23H2,1-6H3. The van der Waals surface area contributed by atoms with Crippen LogP contribution in [0.4, 0.5) is 10.1 Å². The number of hydrogen-bond acceptors (Lipinski definition) is 5. The average Bonchev–Trinajstić information content (AvgIpc) is 2.87. The molecule has 204 valence electrons. The molecule has 0 fully saturated rings. The molecule has 3 aromatic carbocycles. The molecule has 0 saturated heterocycles. The van der Waals surface area contributed by atoms with E-state index in [-0.39, 0.29) is 5.91 Å². The van der Waals surface area contributed by atoms with Gasteiger partial charge in [0.25, 0.3) is 5.91 Å². The van der Waals surface area contributed by atoms with E-state index in [1.807, 2.05) is 21.1 Å². The molecule has 3 aromatic rings. The van der Waals surface area contributed by atoms with Gasteiger partial charge in [-0.05, 0) is 75.7 Å². The number of halogens is 1.